The lowest BCUT2D eigenvalue weighted by molar-refractivity contribution is -0.139. The van der Waals surface area contributed by atoms with E-state index in [1.54, 1.807) is 18.7 Å². The largest absolute Gasteiger partial charge is 0.463 e. The van der Waals surface area contributed by atoms with Gasteiger partial charge >= 0.3 is 5.97 Å². The molecule has 5 nitrogen and oxygen atoms in total. The first kappa shape index (κ1) is 16.8. The molecule has 0 bridgehead atoms. The highest BCUT2D eigenvalue weighted by molar-refractivity contribution is 8.15. The van der Waals surface area contributed by atoms with E-state index in [1.165, 1.54) is 11.8 Å². The fourth-order valence-electron chi connectivity index (χ4n) is 3.08. The Morgan fingerprint density at radius 3 is 2.83 bits per heavy atom. The molecule has 1 aromatic rings. The highest BCUT2D eigenvalue weighted by Crippen LogP contribution is 2.42. The third-order valence-electron chi connectivity index (χ3n) is 4.42. The summed E-state index contributed by atoms with van der Waals surface area (Å²) in [5, 5.41) is 0.663. The van der Waals surface area contributed by atoms with Gasteiger partial charge in [0.2, 0.25) is 5.91 Å². The van der Waals surface area contributed by atoms with Gasteiger partial charge in [-0.05, 0) is 44.4 Å². The Morgan fingerprint density at radius 2 is 2.12 bits per heavy atom. The van der Waals surface area contributed by atoms with Crippen LogP contribution in [0.3, 0.4) is 0 Å². The van der Waals surface area contributed by atoms with Crippen LogP contribution in [0.2, 0.25) is 0 Å². The van der Waals surface area contributed by atoms with Crippen LogP contribution >= 0.6 is 11.8 Å². The lowest BCUT2D eigenvalue weighted by Gasteiger charge is -2.34. The van der Waals surface area contributed by atoms with Crippen molar-refractivity contribution in [3.63, 3.8) is 0 Å². The van der Waals surface area contributed by atoms with Gasteiger partial charge in [0.25, 0.3) is 0 Å². The molecule has 1 amide bonds. The standard InChI is InChI=1S/C18H20N2O3S/c1-5-23-17(22)15-12(4)19-18-20(14(21)9-24-18)16(15)13-8-6-7-10(2)11(13)3/h6-8,16H,5,9H2,1-4H3. The Bertz CT molecular complexity index is 782. The predicted molar refractivity (Wildman–Crippen MR) is 94.7 cm³/mol. The van der Waals surface area contributed by atoms with Gasteiger partial charge in [0, 0.05) is 0 Å². The van der Waals surface area contributed by atoms with E-state index < -0.39 is 12.0 Å². The quantitative estimate of drug-likeness (QED) is 0.791. The van der Waals surface area contributed by atoms with Crippen molar-refractivity contribution in [2.24, 2.45) is 4.99 Å². The predicted octanol–water partition coefficient (Wildman–Crippen LogP) is 3.13. The molecule has 6 heteroatoms. The van der Waals surface area contributed by atoms with Gasteiger partial charge in [0.15, 0.2) is 5.17 Å². The molecule has 126 valence electrons. The first-order chi connectivity index (χ1) is 11.5. The summed E-state index contributed by atoms with van der Waals surface area (Å²) in [5.41, 5.74) is 4.21. The number of aryl methyl sites for hydroxylation is 1. The average molecular weight is 344 g/mol. The van der Waals surface area contributed by atoms with E-state index in [1.807, 2.05) is 32.0 Å². The maximum Gasteiger partial charge on any atom is 0.338 e. The van der Waals surface area contributed by atoms with Gasteiger partial charge in [-0.3, -0.25) is 9.69 Å². The number of fused-ring (bicyclic) bond motifs is 1. The van der Waals surface area contributed by atoms with Crippen LogP contribution in [-0.2, 0) is 14.3 Å². The number of allylic oxidation sites excluding steroid dienone is 1. The monoisotopic (exact) mass is 344 g/mol. The number of esters is 1. The van der Waals surface area contributed by atoms with Crippen molar-refractivity contribution in [3.05, 3.63) is 46.2 Å². The second kappa shape index (κ2) is 6.43. The van der Waals surface area contributed by atoms with Gasteiger partial charge in [0.1, 0.15) is 0 Å². The average Bonchev–Trinajstić information content (AvgIpc) is 2.90. The van der Waals surface area contributed by atoms with E-state index in [4.69, 9.17) is 4.74 Å². The lowest BCUT2D eigenvalue weighted by Crippen LogP contribution is -2.40. The van der Waals surface area contributed by atoms with Crippen LogP contribution in [-0.4, -0.2) is 34.3 Å². The zero-order chi connectivity index (χ0) is 17.4. The Kier molecular flexibility index (Phi) is 4.49. The van der Waals surface area contributed by atoms with Crippen LogP contribution in [0.1, 0.15) is 36.6 Å². The van der Waals surface area contributed by atoms with E-state index in [0.717, 1.165) is 16.7 Å². The first-order valence-corrected chi connectivity index (χ1v) is 8.91. The molecule has 1 unspecified atom stereocenters. The SMILES string of the molecule is CCOC(=O)C1=C(C)N=C2SCC(=O)N2C1c1cccc(C)c1C. The van der Waals surface area contributed by atoms with Crippen molar-refractivity contribution in [1.82, 2.24) is 4.90 Å². The fraction of sp³-hybridized carbons (Fsp3) is 0.389. The van der Waals surface area contributed by atoms with E-state index in [0.29, 0.717) is 22.2 Å². The van der Waals surface area contributed by atoms with Gasteiger partial charge < -0.3 is 4.74 Å². The molecule has 3 rings (SSSR count). The van der Waals surface area contributed by atoms with Crippen molar-refractivity contribution < 1.29 is 14.3 Å². The summed E-state index contributed by atoms with van der Waals surface area (Å²) in [4.78, 5) is 31.2. The first-order valence-electron chi connectivity index (χ1n) is 7.93. The minimum atomic E-state index is -0.473. The van der Waals surface area contributed by atoms with Crippen molar-refractivity contribution in [2.45, 2.75) is 33.7 Å². The Hall–Kier alpha value is -2.08. The zero-order valence-electron chi connectivity index (χ0n) is 14.3. The molecule has 2 heterocycles. The Morgan fingerprint density at radius 1 is 1.38 bits per heavy atom. The number of benzene rings is 1. The van der Waals surface area contributed by atoms with Crippen LogP contribution < -0.4 is 0 Å². The molecule has 0 spiro atoms. The number of amides is 1. The molecule has 2 aliphatic heterocycles. The maximum atomic E-state index is 12.6. The number of hydrogen-bond acceptors (Lipinski definition) is 5. The molecule has 1 aromatic carbocycles. The molecule has 0 saturated carbocycles. The van der Waals surface area contributed by atoms with Gasteiger partial charge in [-0.1, -0.05) is 30.0 Å². The number of rotatable bonds is 3. The van der Waals surface area contributed by atoms with E-state index in [-0.39, 0.29) is 12.5 Å². The van der Waals surface area contributed by atoms with E-state index >= 15 is 0 Å². The van der Waals surface area contributed by atoms with Crippen molar-refractivity contribution in [2.75, 3.05) is 12.4 Å². The van der Waals surface area contributed by atoms with Gasteiger partial charge in [-0.25, -0.2) is 9.79 Å². The van der Waals surface area contributed by atoms with Gasteiger partial charge in [0.05, 0.1) is 29.7 Å². The fourth-order valence-corrected chi connectivity index (χ4v) is 4.02. The minimum Gasteiger partial charge on any atom is -0.463 e. The van der Waals surface area contributed by atoms with Crippen molar-refractivity contribution in [3.8, 4) is 0 Å². The topological polar surface area (TPSA) is 59.0 Å². The van der Waals surface area contributed by atoms with E-state index in [9.17, 15) is 9.59 Å². The lowest BCUT2D eigenvalue weighted by atomic mass is 9.90. The molecule has 1 fully saturated rings. The summed E-state index contributed by atoms with van der Waals surface area (Å²) < 4.78 is 5.25. The number of carbonyl (C=O) groups is 2. The second-order valence-corrected chi connectivity index (χ2v) is 6.80. The molecule has 0 aromatic heterocycles. The molecule has 0 N–H and O–H groups in total. The summed E-state index contributed by atoms with van der Waals surface area (Å²) in [5.74, 6) is -0.0869. The molecule has 2 aliphatic rings. The molecule has 1 saturated heterocycles. The third kappa shape index (κ3) is 2.65. The summed E-state index contributed by atoms with van der Waals surface area (Å²) in [6, 6.07) is 5.48. The molecule has 1 atom stereocenters. The van der Waals surface area contributed by atoms with Crippen LogP contribution in [0.5, 0.6) is 0 Å². The van der Waals surface area contributed by atoms with Crippen LogP contribution in [0.15, 0.2) is 34.5 Å². The number of thioether (sulfide) groups is 1. The number of ether oxygens (including phenoxy) is 1. The Balaban J connectivity index is 2.20. The molecular weight excluding hydrogens is 324 g/mol. The van der Waals surface area contributed by atoms with E-state index in [2.05, 4.69) is 4.99 Å². The van der Waals surface area contributed by atoms with Gasteiger partial charge in [-0.15, -0.1) is 0 Å². The summed E-state index contributed by atoms with van der Waals surface area (Å²) >= 11 is 1.41. The highest BCUT2D eigenvalue weighted by Gasteiger charge is 2.43. The summed E-state index contributed by atoms with van der Waals surface area (Å²) in [6.45, 7) is 7.90. The smallest absolute Gasteiger partial charge is 0.338 e. The number of hydrogen-bond donors (Lipinski definition) is 0. The maximum absolute atomic E-state index is 12.6. The minimum absolute atomic E-state index is 0.0287. The summed E-state index contributed by atoms with van der Waals surface area (Å²) in [7, 11) is 0. The number of aliphatic imine (C=N–C) groups is 1. The zero-order valence-corrected chi connectivity index (χ0v) is 15.1. The Labute approximate surface area is 145 Å². The summed E-state index contributed by atoms with van der Waals surface area (Å²) in [6.07, 6.45) is 0. The van der Waals surface area contributed by atoms with Gasteiger partial charge in [-0.2, -0.15) is 0 Å². The van der Waals surface area contributed by atoms with Crippen molar-refractivity contribution >= 4 is 28.8 Å². The molecule has 24 heavy (non-hydrogen) atoms. The number of nitrogens with zero attached hydrogens (tertiary/aromatic N) is 2. The normalized spacial score (nSPS) is 20.2. The molecule has 0 radical (unpaired) electrons. The molecule has 0 aliphatic carbocycles. The highest BCUT2D eigenvalue weighted by atomic mass is 32.2. The van der Waals surface area contributed by atoms with Crippen molar-refractivity contribution in [1.29, 1.82) is 0 Å². The molecular formula is C18H20N2O3S. The van der Waals surface area contributed by atoms with Crippen LogP contribution in [0, 0.1) is 13.8 Å². The third-order valence-corrected chi connectivity index (χ3v) is 5.36. The second-order valence-electron chi connectivity index (χ2n) is 5.86. The number of carbonyl (C=O) groups excluding carboxylic acids is 2. The number of amidine groups is 1. The van der Waals surface area contributed by atoms with Crippen LogP contribution in [0.4, 0.5) is 0 Å². The van der Waals surface area contributed by atoms with Crippen LogP contribution in [0.25, 0.3) is 0 Å².